The molecule has 8 nitrogen and oxygen atoms in total. The van der Waals surface area contributed by atoms with Crippen LogP contribution in [0.25, 0.3) is 10.9 Å². The van der Waals surface area contributed by atoms with E-state index in [4.69, 9.17) is 18.9 Å². The number of carbonyl (C=O) groups is 1. The molecule has 3 aromatic carbocycles. The first-order valence-electron chi connectivity index (χ1n) is 11.2. The van der Waals surface area contributed by atoms with E-state index in [2.05, 4.69) is 15.6 Å². The Morgan fingerprint density at radius 2 is 1.67 bits per heavy atom. The summed E-state index contributed by atoms with van der Waals surface area (Å²) in [5.74, 6) is 1.73. The summed E-state index contributed by atoms with van der Waals surface area (Å²) in [4.78, 5) is 16.7. The van der Waals surface area contributed by atoms with E-state index in [-0.39, 0.29) is 17.5 Å². The Kier molecular flexibility index (Phi) is 7.39. The van der Waals surface area contributed by atoms with Crippen LogP contribution in [-0.4, -0.2) is 31.3 Å². The Balaban J connectivity index is 1.48. The number of anilines is 2. The minimum Gasteiger partial charge on any atom is -0.493 e. The van der Waals surface area contributed by atoms with Crippen LogP contribution >= 0.6 is 0 Å². The number of nitrogens with zero attached hydrogens (tertiary/aromatic N) is 1. The largest absolute Gasteiger partial charge is 0.493 e. The summed E-state index contributed by atoms with van der Waals surface area (Å²) in [5, 5.41) is 5.84. The minimum atomic E-state index is -0.655. The van der Waals surface area contributed by atoms with Crippen LogP contribution in [0.3, 0.4) is 0 Å². The molecule has 0 atom stereocenters. The van der Waals surface area contributed by atoms with E-state index in [0.717, 1.165) is 0 Å². The van der Waals surface area contributed by atoms with Crippen LogP contribution < -0.4 is 29.6 Å². The van der Waals surface area contributed by atoms with Gasteiger partial charge < -0.3 is 29.6 Å². The maximum Gasteiger partial charge on any atom is 0.323 e. The van der Waals surface area contributed by atoms with Crippen LogP contribution in [0.15, 0.2) is 66.9 Å². The van der Waals surface area contributed by atoms with E-state index < -0.39 is 11.8 Å². The van der Waals surface area contributed by atoms with E-state index in [1.54, 1.807) is 61.8 Å². The van der Waals surface area contributed by atoms with E-state index in [0.29, 0.717) is 39.6 Å². The Morgan fingerprint density at radius 1 is 0.889 bits per heavy atom. The number of amides is 2. The van der Waals surface area contributed by atoms with Gasteiger partial charge in [-0.25, -0.2) is 9.18 Å². The summed E-state index contributed by atoms with van der Waals surface area (Å²) in [6.45, 7) is 3.82. The summed E-state index contributed by atoms with van der Waals surface area (Å²) in [6.07, 6.45) is 1.58. The van der Waals surface area contributed by atoms with Crippen molar-refractivity contribution in [3.05, 3.63) is 72.7 Å². The molecule has 0 saturated heterocycles. The number of aromatic nitrogens is 1. The molecule has 36 heavy (non-hydrogen) atoms. The van der Waals surface area contributed by atoms with Gasteiger partial charge in [-0.15, -0.1) is 0 Å². The quantitative estimate of drug-likeness (QED) is 0.288. The van der Waals surface area contributed by atoms with Crippen LogP contribution in [0, 0.1) is 5.82 Å². The fourth-order valence-electron chi connectivity index (χ4n) is 3.53. The minimum absolute atomic E-state index is 0.000395. The first-order chi connectivity index (χ1) is 17.4. The van der Waals surface area contributed by atoms with Crippen molar-refractivity contribution < 1.29 is 28.1 Å². The van der Waals surface area contributed by atoms with Crippen molar-refractivity contribution in [2.24, 2.45) is 0 Å². The predicted octanol–water partition coefficient (Wildman–Crippen LogP) is 6.61. The molecule has 1 heterocycles. The number of nitrogens with one attached hydrogen (secondary N) is 2. The number of halogens is 1. The van der Waals surface area contributed by atoms with E-state index in [1.807, 2.05) is 13.8 Å². The molecule has 186 valence electrons. The maximum atomic E-state index is 14.8. The summed E-state index contributed by atoms with van der Waals surface area (Å²) >= 11 is 0. The summed E-state index contributed by atoms with van der Waals surface area (Å²) in [7, 11) is 3.08. The average molecular weight is 492 g/mol. The lowest BCUT2D eigenvalue weighted by Crippen LogP contribution is -2.20. The molecule has 0 aliphatic carbocycles. The van der Waals surface area contributed by atoms with Crippen molar-refractivity contribution >= 4 is 28.3 Å². The molecule has 0 bridgehead atoms. The van der Waals surface area contributed by atoms with Gasteiger partial charge in [0.15, 0.2) is 11.5 Å². The van der Waals surface area contributed by atoms with Gasteiger partial charge in [-0.05, 0) is 50.2 Å². The number of pyridine rings is 1. The smallest absolute Gasteiger partial charge is 0.323 e. The summed E-state index contributed by atoms with van der Waals surface area (Å²) in [5.41, 5.74) is 1.14. The second-order valence-electron chi connectivity index (χ2n) is 8.05. The molecule has 4 rings (SSSR count). The predicted molar refractivity (Wildman–Crippen MR) is 136 cm³/mol. The van der Waals surface area contributed by atoms with Crippen molar-refractivity contribution in [1.82, 2.24) is 4.98 Å². The number of ether oxygens (including phenoxy) is 4. The van der Waals surface area contributed by atoms with Crippen LogP contribution in [0.1, 0.15) is 13.8 Å². The fourth-order valence-corrected chi connectivity index (χ4v) is 3.53. The highest BCUT2D eigenvalue weighted by molar-refractivity contribution is 6.00. The Bertz CT molecular complexity index is 1390. The molecule has 4 aromatic rings. The molecular formula is C27H26FN3O5. The molecule has 0 unspecified atom stereocenters. The van der Waals surface area contributed by atoms with Gasteiger partial charge in [-0.1, -0.05) is 6.07 Å². The number of fused-ring (bicyclic) bond motifs is 1. The SMILES string of the molecule is COc1cc2nccc(Oc3ccc(NC(=O)Nc4cccc(OC(C)C)c4)c(F)c3)c2cc1OC. The zero-order chi connectivity index (χ0) is 25.7. The van der Waals surface area contributed by atoms with E-state index in [1.165, 1.54) is 19.2 Å². The second-order valence-corrected chi connectivity index (χ2v) is 8.05. The summed E-state index contributed by atoms with van der Waals surface area (Å²) < 4.78 is 37.0. The number of carbonyl (C=O) groups excluding carboxylic acids is 1. The summed E-state index contributed by atoms with van der Waals surface area (Å²) in [6, 6.07) is 15.7. The van der Waals surface area contributed by atoms with Gasteiger partial charge in [0.25, 0.3) is 0 Å². The molecule has 0 fully saturated rings. The average Bonchev–Trinajstić information content (AvgIpc) is 2.85. The maximum absolute atomic E-state index is 14.8. The molecular weight excluding hydrogens is 465 g/mol. The number of hydrogen-bond acceptors (Lipinski definition) is 6. The Hall–Kier alpha value is -4.53. The number of urea groups is 1. The van der Waals surface area contributed by atoms with Gasteiger partial charge in [0.2, 0.25) is 0 Å². The molecule has 2 amide bonds. The van der Waals surface area contributed by atoms with Crippen molar-refractivity contribution in [2.75, 3.05) is 24.9 Å². The van der Waals surface area contributed by atoms with Crippen LogP contribution in [0.5, 0.6) is 28.7 Å². The van der Waals surface area contributed by atoms with Gasteiger partial charge in [0, 0.05) is 35.5 Å². The van der Waals surface area contributed by atoms with Crippen molar-refractivity contribution in [3.63, 3.8) is 0 Å². The highest BCUT2D eigenvalue weighted by Gasteiger charge is 2.13. The Labute approximate surface area is 208 Å². The van der Waals surface area contributed by atoms with Gasteiger partial charge in [-0.2, -0.15) is 0 Å². The topological polar surface area (TPSA) is 90.9 Å². The third-order valence-corrected chi connectivity index (χ3v) is 5.09. The van der Waals surface area contributed by atoms with Crippen molar-refractivity contribution in [3.8, 4) is 28.7 Å². The molecule has 0 spiro atoms. The van der Waals surface area contributed by atoms with Crippen LogP contribution in [0.4, 0.5) is 20.6 Å². The monoisotopic (exact) mass is 491 g/mol. The number of rotatable bonds is 8. The lowest BCUT2D eigenvalue weighted by Gasteiger charge is -2.14. The third-order valence-electron chi connectivity index (χ3n) is 5.09. The zero-order valence-electron chi connectivity index (χ0n) is 20.3. The first kappa shape index (κ1) is 24.6. The van der Waals surface area contributed by atoms with Gasteiger partial charge in [-0.3, -0.25) is 4.98 Å². The molecule has 0 saturated carbocycles. The zero-order valence-corrected chi connectivity index (χ0v) is 20.3. The lowest BCUT2D eigenvalue weighted by molar-refractivity contribution is 0.242. The lowest BCUT2D eigenvalue weighted by atomic mass is 10.2. The van der Waals surface area contributed by atoms with Crippen LogP contribution in [-0.2, 0) is 0 Å². The molecule has 0 aliphatic rings. The molecule has 2 N–H and O–H groups in total. The standard InChI is InChI=1S/C27H26FN3O5/c1-16(2)35-18-7-5-6-17(12-18)30-27(32)31-22-9-8-19(13-21(22)28)36-24-10-11-29-23-15-26(34-4)25(33-3)14-20(23)24/h5-16H,1-4H3,(H2,30,31,32). The molecule has 0 radical (unpaired) electrons. The molecule has 9 heteroatoms. The number of hydrogen-bond donors (Lipinski definition) is 2. The van der Waals surface area contributed by atoms with Gasteiger partial charge in [0.05, 0.1) is 31.5 Å². The highest BCUT2D eigenvalue weighted by Crippen LogP contribution is 2.37. The number of benzene rings is 3. The molecule has 1 aromatic heterocycles. The second kappa shape index (κ2) is 10.8. The van der Waals surface area contributed by atoms with Gasteiger partial charge in [0.1, 0.15) is 23.1 Å². The van der Waals surface area contributed by atoms with Gasteiger partial charge >= 0.3 is 6.03 Å². The normalized spacial score (nSPS) is 10.7. The molecule has 0 aliphatic heterocycles. The number of methoxy groups -OCH3 is 2. The fraction of sp³-hybridized carbons (Fsp3) is 0.185. The van der Waals surface area contributed by atoms with E-state index in [9.17, 15) is 9.18 Å². The van der Waals surface area contributed by atoms with Crippen LogP contribution in [0.2, 0.25) is 0 Å². The highest BCUT2D eigenvalue weighted by atomic mass is 19.1. The van der Waals surface area contributed by atoms with Crippen molar-refractivity contribution in [1.29, 1.82) is 0 Å². The first-order valence-corrected chi connectivity index (χ1v) is 11.2. The van der Waals surface area contributed by atoms with E-state index >= 15 is 0 Å². The van der Waals surface area contributed by atoms with Crippen molar-refractivity contribution in [2.45, 2.75) is 20.0 Å². The Morgan fingerprint density at radius 3 is 2.39 bits per heavy atom. The third kappa shape index (κ3) is 5.75.